The second-order valence-corrected chi connectivity index (χ2v) is 10.1. The summed E-state index contributed by atoms with van der Waals surface area (Å²) in [5.41, 5.74) is 1.58. The van der Waals surface area contributed by atoms with Crippen LogP contribution in [0.2, 0.25) is 0 Å². The molecule has 9 nitrogen and oxygen atoms in total. The summed E-state index contributed by atoms with van der Waals surface area (Å²) in [7, 11) is -2.62. The molecule has 1 aliphatic rings. The third-order valence-corrected chi connectivity index (χ3v) is 7.18. The van der Waals surface area contributed by atoms with Crippen molar-refractivity contribution in [2.75, 3.05) is 45.2 Å². The summed E-state index contributed by atoms with van der Waals surface area (Å²) in [6.07, 6.45) is 1.33. The topological polar surface area (TPSA) is 105 Å². The number of carbonyl (C=O) groups excluding carboxylic acids is 2. The van der Waals surface area contributed by atoms with Gasteiger partial charge in [0.05, 0.1) is 31.2 Å². The van der Waals surface area contributed by atoms with Crippen LogP contribution < -0.4 is 14.8 Å². The molecule has 0 bridgehead atoms. The Balaban J connectivity index is 1.68. The van der Waals surface area contributed by atoms with Gasteiger partial charge < -0.3 is 19.7 Å². The van der Waals surface area contributed by atoms with Gasteiger partial charge >= 0.3 is 0 Å². The highest BCUT2D eigenvalue weighted by atomic mass is 32.2. The smallest absolute Gasteiger partial charge is 0.244 e. The van der Waals surface area contributed by atoms with Crippen LogP contribution in [-0.2, 0) is 19.6 Å². The fraction of sp³-hybridized carbons (Fsp3) is 0.417. The van der Waals surface area contributed by atoms with E-state index in [1.165, 1.54) is 24.1 Å². The predicted molar refractivity (Wildman–Crippen MR) is 129 cm³/mol. The second-order valence-electron chi connectivity index (χ2n) is 8.10. The minimum Gasteiger partial charge on any atom is -0.490 e. The van der Waals surface area contributed by atoms with Gasteiger partial charge in [0.1, 0.15) is 0 Å². The first kappa shape index (κ1) is 25.5. The Morgan fingerprint density at radius 3 is 2.44 bits per heavy atom. The summed E-state index contributed by atoms with van der Waals surface area (Å²) < 4.78 is 38.3. The molecule has 1 N–H and O–H groups in total. The first-order valence-corrected chi connectivity index (χ1v) is 12.7. The molecule has 184 valence electrons. The maximum atomic E-state index is 13.1. The van der Waals surface area contributed by atoms with E-state index < -0.39 is 22.5 Å². The molecule has 0 saturated heterocycles. The predicted octanol–water partition coefficient (Wildman–Crippen LogP) is 2.65. The van der Waals surface area contributed by atoms with Crippen molar-refractivity contribution in [3.63, 3.8) is 0 Å². The molecule has 0 unspecified atom stereocenters. The average molecular weight is 490 g/mol. The first-order valence-electron chi connectivity index (χ1n) is 11.2. The van der Waals surface area contributed by atoms with Crippen LogP contribution in [0, 0.1) is 6.92 Å². The maximum Gasteiger partial charge on any atom is 0.244 e. The van der Waals surface area contributed by atoms with Gasteiger partial charge in [-0.3, -0.25) is 9.59 Å². The molecule has 0 saturated carbocycles. The summed E-state index contributed by atoms with van der Waals surface area (Å²) >= 11 is 0. The number of para-hydroxylation sites is 1. The van der Waals surface area contributed by atoms with Crippen molar-refractivity contribution in [2.45, 2.75) is 31.6 Å². The molecular weight excluding hydrogens is 458 g/mol. The van der Waals surface area contributed by atoms with Gasteiger partial charge in [-0.2, -0.15) is 4.31 Å². The highest BCUT2D eigenvalue weighted by Gasteiger charge is 2.27. The molecule has 2 aromatic carbocycles. The number of aryl methyl sites for hydroxylation is 1. The van der Waals surface area contributed by atoms with Gasteiger partial charge in [-0.1, -0.05) is 25.1 Å². The molecule has 0 fully saturated rings. The van der Waals surface area contributed by atoms with Gasteiger partial charge in [-0.25, -0.2) is 8.42 Å². The number of sulfonamides is 1. The lowest BCUT2D eigenvalue weighted by atomic mass is 10.2. The van der Waals surface area contributed by atoms with E-state index in [4.69, 9.17) is 9.47 Å². The van der Waals surface area contributed by atoms with Crippen LogP contribution in [0.4, 0.5) is 5.69 Å². The second kappa shape index (κ2) is 11.3. The molecule has 0 spiro atoms. The fourth-order valence-electron chi connectivity index (χ4n) is 3.50. The highest BCUT2D eigenvalue weighted by Crippen LogP contribution is 2.32. The van der Waals surface area contributed by atoms with E-state index in [2.05, 4.69) is 5.32 Å². The molecule has 10 heteroatoms. The summed E-state index contributed by atoms with van der Waals surface area (Å²) in [5, 5.41) is 2.81. The quantitative estimate of drug-likeness (QED) is 0.581. The normalized spacial score (nSPS) is 13.3. The van der Waals surface area contributed by atoms with E-state index in [0.717, 1.165) is 9.87 Å². The number of nitrogens with zero attached hydrogens (tertiary/aromatic N) is 2. The van der Waals surface area contributed by atoms with E-state index in [1.54, 1.807) is 12.1 Å². The van der Waals surface area contributed by atoms with Crippen LogP contribution in [0.5, 0.6) is 11.5 Å². The highest BCUT2D eigenvalue weighted by molar-refractivity contribution is 7.89. The number of ether oxygens (including phenoxy) is 2. The number of hydrogen-bond donors (Lipinski definition) is 1. The summed E-state index contributed by atoms with van der Waals surface area (Å²) in [4.78, 5) is 26.9. The number of amides is 2. The number of nitrogens with one attached hydrogen (secondary N) is 1. The Hall–Kier alpha value is -3.11. The van der Waals surface area contributed by atoms with Gasteiger partial charge in [0.25, 0.3) is 0 Å². The Kier molecular flexibility index (Phi) is 8.51. The standard InChI is InChI=1S/C24H31N3O6S/c1-4-12-27(16-23(28)25-20-9-6-5-8-18(20)2)24(29)17-26(3)34(30,31)19-10-11-21-22(15-19)33-14-7-13-32-21/h5-6,8-11,15H,4,7,12-14,16-17H2,1-3H3,(H,25,28). The van der Waals surface area contributed by atoms with Crippen molar-refractivity contribution < 1.29 is 27.5 Å². The molecule has 2 aromatic rings. The fourth-order valence-corrected chi connectivity index (χ4v) is 4.63. The SMILES string of the molecule is CCCN(CC(=O)Nc1ccccc1C)C(=O)CN(C)S(=O)(=O)c1ccc2c(c1)OCCCO2. The van der Waals surface area contributed by atoms with Crippen molar-refractivity contribution >= 4 is 27.5 Å². The largest absolute Gasteiger partial charge is 0.490 e. The molecule has 1 heterocycles. The lowest BCUT2D eigenvalue weighted by Gasteiger charge is -2.25. The van der Waals surface area contributed by atoms with Crippen LogP contribution in [0.15, 0.2) is 47.4 Å². The molecule has 0 radical (unpaired) electrons. The number of likely N-dealkylation sites (N-methyl/N-ethyl adjacent to an activating group) is 1. The summed E-state index contributed by atoms with van der Waals surface area (Å²) in [5.74, 6) is 0.0504. The van der Waals surface area contributed by atoms with Crippen molar-refractivity contribution in [1.82, 2.24) is 9.21 Å². The summed E-state index contributed by atoms with van der Waals surface area (Å²) in [6, 6.07) is 11.8. The Labute approximate surface area is 200 Å². The van der Waals surface area contributed by atoms with E-state index in [0.29, 0.717) is 49.8 Å². The van der Waals surface area contributed by atoms with Crippen LogP contribution >= 0.6 is 0 Å². The minimum absolute atomic E-state index is 0.00591. The number of anilines is 1. The monoisotopic (exact) mass is 489 g/mol. The van der Waals surface area contributed by atoms with E-state index in [1.807, 2.05) is 32.0 Å². The molecule has 0 aliphatic carbocycles. The Bertz CT molecular complexity index is 1140. The van der Waals surface area contributed by atoms with Crippen LogP contribution in [0.3, 0.4) is 0 Å². The third-order valence-electron chi connectivity index (χ3n) is 5.38. The van der Waals surface area contributed by atoms with E-state index >= 15 is 0 Å². The van der Waals surface area contributed by atoms with Crippen LogP contribution in [-0.4, -0.2) is 69.3 Å². The lowest BCUT2D eigenvalue weighted by molar-refractivity contribution is -0.134. The number of fused-ring (bicyclic) bond motifs is 1. The molecule has 1 aliphatic heterocycles. The van der Waals surface area contributed by atoms with E-state index in [-0.39, 0.29) is 17.3 Å². The van der Waals surface area contributed by atoms with Crippen molar-refractivity contribution in [3.8, 4) is 11.5 Å². The zero-order valence-electron chi connectivity index (χ0n) is 19.7. The van der Waals surface area contributed by atoms with Gasteiger partial charge in [0.15, 0.2) is 11.5 Å². The van der Waals surface area contributed by atoms with Crippen LogP contribution in [0.1, 0.15) is 25.3 Å². The lowest BCUT2D eigenvalue weighted by Crippen LogP contribution is -2.44. The zero-order valence-corrected chi connectivity index (χ0v) is 20.6. The number of rotatable bonds is 9. The zero-order chi connectivity index (χ0) is 24.7. The third kappa shape index (κ3) is 6.27. The number of hydrogen-bond acceptors (Lipinski definition) is 6. The number of benzene rings is 2. The van der Waals surface area contributed by atoms with Crippen LogP contribution in [0.25, 0.3) is 0 Å². The molecule has 0 atom stereocenters. The molecule has 3 rings (SSSR count). The van der Waals surface area contributed by atoms with Crippen molar-refractivity contribution in [1.29, 1.82) is 0 Å². The molecule has 0 aromatic heterocycles. The van der Waals surface area contributed by atoms with Gasteiger partial charge in [0.2, 0.25) is 21.8 Å². The number of carbonyl (C=O) groups is 2. The first-order chi connectivity index (χ1) is 16.2. The Morgan fingerprint density at radius 1 is 1.03 bits per heavy atom. The van der Waals surface area contributed by atoms with Gasteiger partial charge in [0, 0.05) is 31.8 Å². The summed E-state index contributed by atoms with van der Waals surface area (Å²) in [6.45, 7) is 4.46. The van der Waals surface area contributed by atoms with Gasteiger partial charge in [-0.05, 0) is 37.1 Å². The molecular formula is C24H31N3O6S. The minimum atomic E-state index is -3.96. The molecule has 34 heavy (non-hydrogen) atoms. The van der Waals surface area contributed by atoms with E-state index in [9.17, 15) is 18.0 Å². The van der Waals surface area contributed by atoms with Crippen molar-refractivity contribution in [3.05, 3.63) is 48.0 Å². The van der Waals surface area contributed by atoms with Gasteiger partial charge in [-0.15, -0.1) is 0 Å². The Morgan fingerprint density at radius 2 is 1.74 bits per heavy atom. The van der Waals surface area contributed by atoms with Crippen molar-refractivity contribution in [2.24, 2.45) is 0 Å². The molecule has 2 amide bonds. The average Bonchev–Trinajstić information content (AvgIpc) is 3.05. The maximum absolute atomic E-state index is 13.1.